The number of nitrogens with zero attached hydrogens (tertiary/aromatic N) is 3. The number of rotatable bonds is 15. The van der Waals surface area contributed by atoms with Crippen molar-refractivity contribution in [1.82, 2.24) is 9.13 Å². The highest BCUT2D eigenvalue weighted by Crippen LogP contribution is 2.27. The van der Waals surface area contributed by atoms with Gasteiger partial charge in [-0.15, -0.1) is 0 Å². The molecule has 42 heavy (non-hydrogen) atoms. The summed E-state index contributed by atoms with van der Waals surface area (Å²) >= 11 is 0. The first-order chi connectivity index (χ1) is 20.4. The van der Waals surface area contributed by atoms with Crippen molar-refractivity contribution in [3.05, 3.63) is 122 Å². The number of benzene rings is 3. The quantitative estimate of drug-likeness (QED) is 0.227. The van der Waals surface area contributed by atoms with Gasteiger partial charge in [0.1, 0.15) is 37.3 Å². The smallest absolute Gasteiger partial charge is 0.336 e. The molecular formula is C31H33N3O8. The van der Waals surface area contributed by atoms with Crippen LogP contribution in [0.25, 0.3) is 0 Å². The number of aromatic nitrogens is 2. The fourth-order valence-corrected chi connectivity index (χ4v) is 4.33. The molecule has 0 aliphatic carbocycles. The van der Waals surface area contributed by atoms with Gasteiger partial charge in [0.2, 0.25) is 0 Å². The average Bonchev–Trinajstić information content (AvgIpc) is 3.00. The van der Waals surface area contributed by atoms with E-state index < -0.39 is 23.8 Å². The Hall–Kier alpha value is -4.87. The minimum absolute atomic E-state index is 0.0194. The molecule has 3 aromatic carbocycles. The second kappa shape index (κ2) is 14.7. The molecular weight excluding hydrogens is 542 g/mol. The molecule has 0 fully saturated rings. The highest BCUT2D eigenvalue weighted by Gasteiger charge is 2.21. The lowest BCUT2D eigenvalue weighted by Gasteiger charge is -2.27. The molecule has 11 nitrogen and oxygen atoms in total. The Morgan fingerprint density at radius 2 is 1.38 bits per heavy atom. The maximum Gasteiger partial charge on any atom is 0.336 e. The van der Waals surface area contributed by atoms with Gasteiger partial charge in [-0.05, 0) is 23.3 Å². The summed E-state index contributed by atoms with van der Waals surface area (Å²) in [5.74, 6) is -0.0500. The Morgan fingerprint density at radius 3 is 1.93 bits per heavy atom. The molecule has 0 bridgehead atoms. The first kappa shape index (κ1) is 30.1. The van der Waals surface area contributed by atoms with Crippen LogP contribution in [0.2, 0.25) is 0 Å². The van der Waals surface area contributed by atoms with Gasteiger partial charge in [-0.1, -0.05) is 60.7 Å². The van der Waals surface area contributed by atoms with Crippen LogP contribution in [-0.4, -0.2) is 41.0 Å². The van der Waals surface area contributed by atoms with E-state index in [-0.39, 0.29) is 39.0 Å². The molecule has 1 aromatic heterocycles. The number of carbonyl (C=O) groups is 1. The Morgan fingerprint density at radius 1 is 0.786 bits per heavy atom. The lowest BCUT2D eigenvalue weighted by Crippen LogP contribution is -2.44. The Bertz CT molecular complexity index is 1590. The Kier molecular flexibility index (Phi) is 10.5. The second-order valence-corrected chi connectivity index (χ2v) is 9.33. The number of hydrogen-bond donors (Lipinski definition) is 1. The molecule has 11 heteroatoms. The summed E-state index contributed by atoms with van der Waals surface area (Å²) in [6.45, 7) is -0.621. The number of anilines is 1. The number of aliphatic carboxylic acids is 1. The van der Waals surface area contributed by atoms with Crippen molar-refractivity contribution >= 4 is 11.8 Å². The van der Waals surface area contributed by atoms with Crippen LogP contribution >= 0.6 is 0 Å². The second-order valence-electron chi connectivity index (χ2n) is 9.33. The highest BCUT2D eigenvalue weighted by atomic mass is 16.5. The van der Waals surface area contributed by atoms with Crippen LogP contribution in [0.5, 0.6) is 11.5 Å². The maximum absolute atomic E-state index is 13.7. The fourth-order valence-electron chi connectivity index (χ4n) is 4.33. The van der Waals surface area contributed by atoms with Crippen molar-refractivity contribution in [2.45, 2.75) is 33.2 Å². The van der Waals surface area contributed by atoms with Gasteiger partial charge in [0.25, 0.3) is 5.56 Å². The third kappa shape index (κ3) is 7.87. The summed E-state index contributed by atoms with van der Waals surface area (Å²) in [6, 6.07) is 25.1. The van der Waals surface area contributed by atoms with Gasteiger partial charge in [-0.3, -0.25) is 14.2 Å². The molecule has 0 aliphatic rings. The van der Waals surface area contributed by atoms with E-state index in [0.717, 1.165) is 15.7 Å². The van der Waals surface area contributed by atoms with E-state index in [2.05, 4.69) is 0 Å². The third-order valence-electron chi connectivity index (χ3n) is 6.43. The number of ether oxygens (including phenoxy) is 4. The SMILES string of the molecule is COc1ccc(CN(CC(=O)O)c2cc(=O)n(COCc3ccccc3)c(=O)n2COCc2ccccc2)c(OC)c1. The van der Waals surface area contributed by atoms with Crippen LogP contribution in [-0.2, 0) is 47.5 Å². The molecule has 1 heterocycles. The van der Waals surface area contributed by atoms with E-state index in [1.165, 1.54) is 29.8 Å². The van der Waals surface area contributed by atoms with Crippen LogP contribution < -0.4 is 25.6 Å². The van der Waals surface area contributed by atoms with Gasteiger partial charge < -0.3 is 29.0 Å². The van der Waals surface area contributed by atoms with Gasteiger partial charge in [-0.25, -0.2) is 9.36 Å². The minimum atomic E-state index is -1.15. The summed E-state index contributed by atoms with van der Waals surface area (Å²) in [4.78, 5) is 40.3. The topological polar surface area (TPSA) is 121 Å². The van der Waals surface area contributed by atoms with Crippen molar-refractivity contribution in [3.63, 3.8) is 0 Å². The van der Waals surface area contributed by atoms with Crippen LogP contribution in [0.15, 0.2) is 94.5 Å². The molecule has 220 valence electrons. The summed E-state index contributed by atoms with van der Waals surface area (Å²) in [7, 11) is 3.02. The summed E-state index contributed by atoms with van der Waals surface area (Å²) < 4.78 is 24.5. The fraction of sp³-hybridized carbons (Fsp3) is 0.258. The Balaban J connectivity index is 1.69. The normalized spacial score (nSPS) is 10.8. The van der Waals surface area contributed by atoms with E-state index in [1.807, 2.05) is 60.7 Å². The lowest BCUT2D eigenvalue weighted by atomic mass is 10.1. The number of carboxylic acids is 1. The molecule has 0 saturated carbocycles. The molecule has 0 atom stereocenters. The zero-order valence-electron chi connectivity index (χ0n) is 23.5. The Labute approximate surface area is 242 Å². The van der Waals surface area contributed by atoms with Gasteiger partial charge in [-0.2, -0.15) is 0 Å². The van der Waals surface area contributed by atoms with E-state index in [0.29, 0.717) is 17.1 Å². The zero-order chi connectivity index (χ0) is 29.9. The molecule has 0 radical (unpaired) electrons. The molecule has 0 spiro atoms. The molecule has 0 unspecified atom stereocenters. The third-order valence-corrected chi connectivity index (χ3v) is 6.43. The van der Waals surface area contributed by atoms with E-state index in [4.69, 9.17) is 18.9 Å². The first-order valence-electron chi connectivity index (χ1n) is 13.1. The van der Waals surface area contributed by atoms with Crippen LogP contribution in [0.3, 0.4) is 0 Å². The van der Waals surface area contributed by atoms with Gasteiger partial charge in [0.05, 0.1) is 27.4 Å². The minimum Gasteiger partial charge on any atom is -0.497 e. The van der Waals surface area contributed by atoms with Crippen LogP contribution in [0, 0.1) is 0 Å². The van der Waals surface area contributed by atoms with Crippen LogP contribution in [0.4, 0.5) is 5.82 Å². The number of methoxy groups -OCH3 is 2. The van der Waals surface area contributed by atoms with Crippen molar-refractivity contribution in [1.29, 1.82) is 0 Å². The largest absolute Gasteiger partial charge is 0.497 e. The summed E-state index contributed by atoms with van der Waals surface area (Å²) in [5.41, 5.74) is 1.06. The first-order valence-corrected chi connectivity index (χ1v) is 13.1. The average molecular weight is 576 g/mol. The molecule has 1 N–H and O–H groups in total. The molecule has 0 aliphatic heterocycles. The van der Waals surface area contributed by atoms with Crippen molar-refractivity contribution in [2.24, 2.45) is 0 Å². The highest BCUT2D eigenvalue weighted by molar-refractivity contribution is 5.73. The van der Waals surface area contributed by atoms with E-state index >= 15 is 0 Å². The van der Waals surface area contributed by atoms with Crippen molar-refractivity contribution < 1.29 is 28.8 Å². The van der Waals surface area contributed by atoms with Gasteiger partial charge >= 0.3 is 11.7 Å². The van der Waals surface area contributed by atoms with Gasteiger partial charge in [0.15, 0.2) is 0 Å². The lowest BCUT2D eigenvalue weighted by molar-refractivity contribution is -0.135. The van der Waals surface area contributed by atoms with Crippen molar-refractivity contribution in [3.8, 4) is 11.5 Å². The van der Waals surface area contributed by atoms with E-state index in [1.54, 1.807) is 18.2 Å². The maximum atomic E-state index is 13.7. The summed E-state index contributed by atoms with van der Waals surface area (Å²) in [5, 5.41) is 9.75. The zero-order valence-corrected chi connectivity index (χ0v) is 23.5. The predicted octanol–water partition coefficient (Wildman–Crippen LogP) is 3.47. The summed E-state index contributed by atoms with van der Waals surface area (Å²) in [6.07, 6.45) is 0. The number of carboxylic acid groups (broad SMARTS) is 1. The monoisotopic (exact) mass is 575 g/mol. The number of hydrogen-bond acceptors (Lipinski definition) is 8. The molecule has 4 rings (SSSR count). The predicted molar refractivity (Wildman–Crippen MR) is 156 cm³/mol. The van der Waals surface area contributed by atoms with Gasteiger partial charge in [0, 0.05) is 24.2 Å². The van der Waals surface area contributed by atoms with Crippen molar-refractivity contribution in [2.75, 3.05) is 25.7 Å². The molecule has 4 aromatic rings. The van der Waals surface area contributed by atoms with Crippen LogP contribution in [0.1, 0.15) is 16.7 Å². The molecule has 0 saturated heterocycles. The van der Waals surface area contributed by atoms with E-state index in [9.17, 15) is 19.5 Å². The molecule has 0 amide bonds. The standard InChI is InChI=1S/C31H33N3O8/c1-39-26-14-13-25(27(15-26)40-2)17-32(18-30(36)37)28-16-29(35)34(22-42-20-24-11-7-4-8-12-24)31(38)33(28)21-41-19-23-9-5-3-6-10-23/h3-16H,17-22H2,1-2H3,(H,36,37).